The van der Waals surface area contributed by atoms with Gasteiger partial charge in [-0.25, -0.2) is 8.78 Å². The molecule has 0 aromatic heterocycles. The van der Waals surface area contributed by atoms with E-state index in [1.54, 1.807) is 0 Å². The molecule has 24 heavy (non-hydrogen) atoms. The Hall–Kier alpha value is -1.74. The molecule has 1 aliphatic heterocycles. The quantitative estimate of drug-likeness (QED) is 0.798. The van der Waals surface area contributed by atoms with Gasteiger partial charge in [-0.2, -0.15) is 13.2 Å². The second-order valence-electron chi connectivity index (χ2n) is 5.55. The van der Waals surface area contributed by atoms with Crippen LogP contribution in [0.2, 0.25) is 0 Å². The zero-order valence-corrected chi connectivity index (χ0v) is 12.6. The van der Waals surface area contributed by atoms with Crippen molar-refractivity contribution in [3.05, 3.63) is 35.4 Å². The Bertz CT molecular complexity index is 579. The molecule has 0 bridgehead atoms. The van der Waals surface area contributed by atoms with Crippen molar-refractivity contribution in [2.24, 2.45) is 0 Å². The summed E-state index contributed by atoms with van der Waals surface area (Å²) in [7, 11) is 0. The van der Waals surface area contributed by atoms with Gasteiger partial charge in [0.15, 0.2) is 11.6 Å². The molecule has 0 saturated carbocycles. The average Bonchev–Trinajstić information content (AvgIpc) is 2.49. The lowest BCUT2D eigenvalue weighted by Crippen LogP contribution is -2.51. The Morgan fingerprint density at radius 1 is 1.29 bits per heavy atom. The largest absolute Gasteiger partial charge is 0.411 e. The molecule has 1 aromatic carbocycles. The molecule has 1 aliphatic rings. The minimum Gasteiger partial charge on any atom is -0.362 e. The van der Waals surface area contributed by atoms with Gasteiger partial charge in [0.25, 0.3) is 0 Å². The third kappa shape index (κ3) is 5.41. The zero-order valence-electron chi connectivity index (χ0n) is 12.6. The third-order valence-electron chi connectivity index (χ3n) is 3.70. The van der Waals surface area contributed by atoms with Crippen molar-refractivity contribution in [2.45, 2.75) is 24.6 Å². The van der Waals surface area contributed by atoms with Crippen molar-refractivity contribution < 1.29 is 31.5 Å². The Labute approximate surface area is 135 Å². The lowest BCUT2D eigenvalue weighted by Gasteiger charge is -2.33. The summed E-state index contributed by atoms with van der Waals surface area (Å²) in [6.45, 7) is -1.23. The number of nitrogens with one attached hydrogen (secondary N) is 2. The van der Waals surface area contributed by atoms with E-state index in [0.29, 0.717) is 25.1 Å². The molecular weight excluding hydrogens is 335 g/mol. The normalized spacial score (nSPS) is 21.5. The maximum Gasteiger partial charge on any atom is 0.411 e. The van der Waals surface area contributed by atoms with Crippen molar-refractivity contribution in [3.63, 3.8) is 0 Å². The van der Waals surface area contributed by atoms with E-state index in [1.165, 1.54) is 6.07 Å². The number of piperidine rings is 1. The van der Waals surface area contributed by atoms with Gasteiger partial charge in [-0.1, -0.05) is 6.07 Å². The van der Waals surface area contributed by atoms with Crippen molar-refractivity contribution in [2.75, 3.05) is 26.3 Å². The van der Waals surface area contributed by atoms with E-state index in [1.807, 2.05) is 0 Å². The van der Waals surface area contributed by atoms with Gasteiger partial charge in [-0.15, -0.1) is 0 Å². The van der Waals surface area contributed by atoms with Gasteiger partial charge in [0.1, 0.15) is 13.2 Å². The molecule has 2 rings (SSSR count). The predicted octanol–water partition coefficient (Wildman–Crippen LogP) is 2.11. The molecule has 2 atom stereocenters. The predicted molar refractivity (Wildman–Crippen MR) is 75.4 cm³/mol. The van der Waals surface area contributed by atoms with Crippen LogP contribution in [0.1, 0.15) is 17.9 Å². The standard InChI is InChI=1S/C15H17F5N2O2/c16-11-2-1-9(5-12(11)17)10-3-4-21-6-13(10)22-14(23)7-24-8-15(18,19)20/h1-2,5,10,13,21H,3-4,6-8H2,(H,22,23). The summed E-state index contributed by atoms with van der Waals surface area (Å²) in [4.78, 5) is 11.7. The SMILES string of the molecule is O=C(COCC(F)(F)F)NC1CNCCC1c1ccc(F)c(F)c1. The van der Waals surface area contributed by atoms with E-state index < -0.39 is 43.0 Å². The van der Waals surface area contributed by atoms with Crippen molar-refractivity contribution in [3.8, 4) is 0 Å². The first kappa shape index (κ1) is 18.6. The Morgan fingerprint density at radius 3 is 2.71 bits per heavy atom. The van der Waals surface area contributed by atoms with E-state index in [-0.39, 0.29) is 5.92 Å². The van der Waals surface area contributed by atoms with Crippen molar-refractivity contribution >= 4 is 5.91 Å². The van der Waals surface area contributed by atoms with E-state index in [0.717, 1.165) is 12.1 Å². The monoisotopic (exact) mass is 352 g/mol. The maximum atomic E-state index is 13.4. The molecule has 2 unspecified atom stereocenters. The van der Waals surface area contributed by atoms with Crippen LogP contribution in [0.25, 0.3) is 0 Å². The van der Waals surface area contributed by atoms with Crippen LogP contribution in [0.5, 0.6) is 0 Å². The molecule has 0 aliphatic carbocycles. The number of rotatable bonds is 5. The van der Waals surface area contributed by atoms with Gasteiger partial charge in [-0.3, -0.25) is 4.79 Å². The van der Waals surface area contributed by atoms with E-state index >= 15 is 0 Å². The summed E-state index contributed by atoms with van der Waals surface area (Å²) >= 11 is 0. The molecule has 4 nitrogen and oxygen atoms in total. The van der Waals surface area contributed by atoms with E-state index in [2.05, 4.69) is 15.4 Å². The van der Waals surface area contributed by atoms with E-state index in [4.69, 9.17) is 0 Å². The number of hydrogen-bond donors (Lipinski definition) is 2. The number of alkyl halides is 3. The van der Waals surface area contributed by atoms with Crippen LogP contribution in [0, 0.1) is 11.6 Å². The molecule has 2 N–H and O–H groups in total. The number of benzene rings is 1. The van der Waals surface area contributed by atoms with Crippen molar-refractivity contribution in [1.82, 2.24) is 10.6 Å². The first-order chi connectivity index (χ1) is 11.3. The van der Waals surface area contributed by atoms with Gasteiger partial charge < -0.3 is 15.4 Å². The van der Waals surface area contributed by atoms with Gasteiger partial charge >= 0.3 is 6.18 Å². The maximum absolute atomic E-state index is 13.4. The molecule has 1 amide bonds. The molecule has 9 heteroatoms. The van der Waals surface area contributed by atoms with E-state index in [9.17, 15) is 26.7 Å². The first-order valence-electron chi connectivity index (χ1n) is 7.36. The highest BCUT2D eigenvalue weighted by Gasteiger charge is 2.30. The van der Waals surface area contributed by atoms with Crippen LogP contribution in [0.4, 0.5) is 22.0 Å². The molecule has 1 heterocycles. The number of halogens is 5. The molecule has 0 radical (unpaired) electrons. The third-order valence-corrected chi connectivity index (χ3v) is 3.70. The number of ether oxygens (including phenoxy) is 1. The molecular formula is C15H17F5N2O2. The fourth-order valence-electron chi connectivity index (χ4n) is 2.66. The Balaban J connectivity index is 1.96. The number of carbonyl (C=O) groups excluding carboxylic acids is 1. The second-order valence-corrected chi connectivity index (χ2v) is 5.55. The van der Waals surface area contributed by atoms with Crippen LogP contribution in [0.3, 0.4) is 0 Å². The van der Waals surface area contributed by atoms with Crippen molar-refractivity contribution in [1.29, 1.82) is 0 Å². The van der Waals surface area contributed by atoms with Gasteiger partial charge in [0, 0.05) is 18.5 Å². The minimum atomic E-state index is -4.50. The highest BCUT2D eigenvalue weighted by Crippen LogP contribution is 2.27. The van der Waals surface area contributed by atoms with Crippen LogP contribution < -0.4 is 10.6 Å². The zero-order chi connectivity index (χ0) is 17.7. The van der Waals surface area contributed by atoms with Gasteiger partial charge in [-0.05, 0) is 30.7 Å². The summed E-state index contributed by atoms with van der Waals surface area (Å²) in [6, 6.07) is 3.07. The average molecular weight is 352 g/mol. The van der Waals surface area contributed by atoms with Gasteiger partial charge in [0.05, 0.1) is 0 Å². The molecule has 1 saturated heterocycles. The highest BCUT2D eigenvalue weighted by atomic mass is 19.4. The van der Waals surface area contributed by atoms with Crippen LogP contribution in [-0.4, -0.2) is 44.4 Å². The van der Waals surface area contributed by atoms with Gasteiger partial charge in [0.2, 0.25) is 5.91 Å². The number of carbonyl (C=O) groups is 1. The molecule has 1 aromatic rings. The number of amides is 1. The summed E-state index contributed by atoms with van der Waals surface area (Å²) in [5.74, 6) is -2.91. The fraction of sp³-hybridized carbons (Fsp3) is 0.533. The summed E-state index contributed by atoms with van der Waals surface area (Å²) in [5.41, 5.74) is 0.525. The Kier molecular flexibility index (Phi) is 6.11. The molecule has 134 valence electrons. The lowest BCUT2D eigenvalue weighted by molar-refractivity contribution is -0.175. The topological polar surface area (TPSA) is 50.4 Å². The summed E-state index contributed by atoms with van der Waals surface area (Å²) in [6.07, 6.45) is -3.93. The smallest absolute Gasteiger partial charge is 0.362 e. The molecule has 0 spiro atoms. The summed E-state index contributed by atoms with van der Waals surface area (Å²) < 4.78 is 66.7. The minimum absolute atomic E-state index is 0.270. The van der Waals surface area contributed by atoms with Crippen LogP contribution in [0.15, 0.2) is 18.2 Å². The summed E-state index contributed by atoms with van der Waals surface area (Å²) in [5, 5.41) is 5.62. The number of hydrogen-bond acceptors (Lipinski definition) is 3. The Morgan fingerprint density at radius 2 is 2.04 bits per heavy atom. The lowest BCUT2D eigenvalue weighted by atomic mass is 9.86. The first-order valence-corrected chi connectivity index (χ1v) is 7.36. The second kappa shape index (κ2) is 7.89. The van der Waals surface area contributed by atoms with Crippen LogP contribution in [-0.2, 0) is 9.53 Å². The van der Waals surface area contributed by atoms with Crippen LogP contribution >= 0.6 is 0 Å². The fourth-order valence-corrected chi connectivity index (χ4v) is 2.66. The molecule has 1 fully saturated rings. The highest BCUT2D eigenvalue weighted by molar-refractivity contribution is 5.77.